The maximum Gasteiger partial charge on any atom is 0.178 e. The van der Waals surface area contributed by atoms with Gasteiger partial charge in [0, 0.05) is 11.1 Å². The van der Waals surface area contributed by atoms with Crippen LogP contribution in [0.4, 0.5) is 0 Å². The molecule has 0 radical (unpaired) electrons. The van der Waals surface area contributed by atoms with Gasteiger partial charge in [-0.15, -0.1) is 0 Å². The van der Waals surface area contributed by atoms with Crippen molar-refractivity contribution in [2.75, 3.05) is 0 Å². The summed E-state index contributed by atoms with van der Waals surface area (Å²) in [6.07, 6.45) is 0. The van der Waals surface area contributed by atoms with Gasteiger partial charge in [-0.05, 0) is 0 Å². The SMILES string of the molecule is BC(Br)(C(=O)c1ccccc1)C(=O)c1ccccc1. The van der Waals surface area contributed by atoms with E-state index >= 15 is 0 Å². The van der Waals surface area contributed by atoms with Gasteiger partial charge in [0.05, 0.1) is 0 Å². The molecule has 2 rings (SSSR count). The van der Waals surface area contributed by atoms with Crippen LogP contribution >= 0.6 is 15.9 Å². The van der Waals surface area contributed by atoms with Crippen LogP contribution in [-0.4, -0.2) is 23.6 Å². The number of carbonyl (C=O) groups is 2. The van der Waals surface area contributed by atoms with Crippen molar-refractivity contribution in [2.45, 2.75) is 4.22 Å². The molecule has 94 valence electrons. The predicted octanol–water partition coefficient (Wildman–Crippen LogP) is 2.48. The van der Waals surface area contributed by atoms with Crippen LogP contribution < -0.4 is 0 Å². The Balaban J connectivity index is 2.33. The van der Waals surface area contributed by atoms with Crippen LogP contribution in [0.3, 0.4) is 0 Å². The normalized spacial score (nSPS) is 11.0. The van der Waals surface area contributed by atoms with Gasteiger partial charge in [-0.2, -0.15) is 0 Å². The number of alkyl halides is 1. The first kappa shape index (κ1) is 13.7. The molecule has 0 amide bonds. The van der Waals surface area contributed by atoms with Crippen molar-refractivity contribution in [3.05, 3.63) is 71.8 Å². The molecule has 0 heterocycles. The van der Waals surface area contributed by atoms with Gasteiger partial charge in [0.2, 0.25) is 0 Å². The predicted molar refractivity (Wildman–Crippen MR) is 81.7 cm³/mol. The summed E-state index contributed by atoms with van der Waals surface area (Å²) in [6.45, 7) is 0. The van der Waals surface area contributed by atoms with Gasteiger partial charge in [-0.25, -0.2) is 0 Å². The van der Waals surface area contributed by atoms with E-state index in [4.69, 9.17) is 0 Å². The summed E-state index contributed by atoms with van der Waals surface area (Å²) in [5.74, 6) is -0.469. The maximum atomic E-state index is 12.4. The molecule has 0 spiro atoms. The standard InChI is InChI=1S/C15H12BBrO2/c16-15(17,13(18)11-7-3-1-4-8-11)14(19)12-9-5-2-6-10-12/h1-10H,16H2. The van der Waals surface area contributed by atoms with E-state index in [1.165, 1.54) is 0 Å². The Bertz CT molecular complexity index is 541. The number of ketones is 2. The van der Waals surface area contributed by atoms with Crippen molar-refractivity contribution in [2.24, 2.45) is 0 Å². The van der Waals surface area contributed by atoms with Gasteiger partial charge in [-0.3, -0.25) is 9.59 Å². The van der Waals surface area contributed by atoms with Gasteiger partial charge in [-0.1, -0.05) is 76.6 Å². The zero-order valence-corrected chi connectivity index (χ0v) is 12.1. The van der Waals surface area contributed by atoms with Crippen molar-refractivity contribution in [1.29, 1.82) is 0 Å². The van der Waals surface area contributed by atoms with Crippen LogP contribution in [0.25, 0.3) is 0 Å². The van der Waals surface area contributed by atoms with Crippen LogP contribution in [0.2, 0.25) is 0 Å². The average molecular weight is 315 g/mol. The molecule has 0 saturated carbocycles. The molecule has 0 bridgehead atoms. The second kappa shape index (κ2) is 5.53. The number of benzene rings is 2. The molecule has 19 heavy (non-hydrogen) atoms. The topological polar surface area (TPSA) is 34.1 Å². The highest BCUT2D eigenvalue weighted by atomic mass is 79.9. The number of Topliss-reactive ketones (excluding diaryl/α,β-unsaturated/α-hetero) is 2. The van der Waals surface area contributed by atoms with E-state index in [1.54, 1.807) is 56.4 Å². The summed E-state index contributed by atoms with van der Waals surface area (Å²) in [4.78, 5) is 24.8. The lowest BCUT2D eigenvalue weighted by atomic mass is 9.75. The maximum absolute atomic E-state index is 12.4. The molecule has 2 aromatic carbocycles. The van der Waals surface area contributed by atoms with E-state index in [9.17, 15) is 9.59 Å². The molecular weight excluding hydrogens is 303 g/mol. The monoisotopic (exact) mass is 314 g/mol. The fraction of sp³-hybridized carbons (Fsp3) is 0.0667. The number of carbonyl (C=O) groups excluding carboxylic acids is 2. The molecule has 2 aromatic rings. The minimum absolute atomic E-state index is 0.234. The number of rotatable bonds is 4. The smallest absolute Gasteiger partial charge is 0.178 e. The van der Waals surface area contributed by atoms with E-state index in [-0.39, 0.29) is 11.6 Å². The number of halogens is 1. The van der Waals surface area contributed by atoms with E-state index in [2.05, 4.69) is 15.9 Å². The highest BCUT2D eigenvalue weighted by molar-refractivity contribution is 9.11. The second-order valence-corrected chi connectivity index (χ2v) is 5.98. The summed E-state index contributed by atoms with van der Waals surface area (Å²) in [5.41, 5.74) is 1.04. The van der Waals surface area contributed by atoms with Crippen molar-refractivity contribution < 1.29 is 9.59 Å². The largest absolute Gasteiger partial charge is 0.293 e. The molecule has 0 fully saturated rings. The molecule has 4 heteroatoms. The Kier molecular flexibility index (Phi) is 4.00. The zero-order chi connectivity index (χ0) is 13.9. The highest BCUT2D eigenvalue weighted by Crippen LogP contribution is 2.25. The first-order chi connectivity index (χ1) is 9.03. The van der Waals surface area contributed by atoms with Gasteiger partial charge in [0.15, 0.2) is 11.6 Å². The summed E-state index contributed by atoms with van der Waals surface area (Å²) in [5, 5.41) is 0. The molecule has 0 aromatic heterocycles. The Hall–Kier alpha value is -1.68. The van der Waals surface area contributed by atoms with Crippen LogP contribution in [0.5, 0.6) is 0 Å². The number of hydrogen-bond donors (Lipinski definition) is 0. The molecule has 0 aliphatic carbocycles. The minimum atomic E-state index is -1.24. The lowest BCUT2D eigenvalue weighted by Gasteiger charge is -2.20. The van der Waals surface area contributed by atoms with Crippen LogP contribution in [0.15, 0.2) is 60.7 Å². The molecule has 0 aliphatic heterocycles. The average Bonchev–Trinajstić information content (AvgIpc) is 2.47. The Morgan fingerprint density at radius 2 is 1.11 bits per heavy atom. The minimum Gasteiger partial charge on any atom is -0.293 e. The first-order valence-electron chi connectivity index (χ1n) is 5.92. The third-order valence-corrected chi connectivity index (χ3v) is 3.65. The summed E-state index contributed by atoms with van der Waals surface area (Å²) in [6, 6.07) is 17.6. The Labute approximate surface area is 121 Å². The molecular formula is C15H12BBrO2. The summed E-state index contributed by atoms with van der Waals surface area (Å²) >= 11 is 3.29. The Morgan fingerprint density at radius 1 is 0.789 bits per heavy atom. The van der Waals surface area contributed by atoms with Crippen LogP contribution in [0.1, 0.15) is 20.7 Å². The third kappa shape index (κ3) is 2.84. The molecule has 0 aliphatic rings. The van der Waals surface area contributed by atoms with E-state index in [0.29, 0.717) is 11.1 Å². The van der Waals surface area contributed by atoms with Gasteiger partial charge in [0.25, 0.3) is 0 Å². The van der Waals surface area contributed by atoms with E-state index < -0.39 is 4.22 Å². The zero-order valence-electron chi connectivity index (χ0n) is 10.5. The molecule has 0 unspecified atom stereocenters. The molecule has 2 nitrogen and oxygen atoms in total. The molecule has 0 N–H and O–H groups in total. The quantitative estimate of drug-likeness (QED) is 0.376. The van der Waals surface area contributed by atoms with Gasteiger partial charge >= 0.3 is 0 Å². The lowest BCUT2D eigenvalue weighted by molar-refractivity contribution is 0.0886. The fourth-order valence-electron chi connectivity index (χ4n) is 1.82. The third-order valence-electron chi connectivity index (χ3n) is 2.92. The van der Waals surface area contributed by atoms with Crippen molar-refractivity contribution in [3.8, 4) is 0 Å². The van der Waals surface area contributed by atoms with Crippen molar-refractivity contribution in [3.63, 3.8) is 0 Å². The highest BCUT2D eigenvalue weighted by Gasteiger charge is 2.38. The first-order valence-corrected chi connectivity index (χ1v) is 6.71. The Morgan fingerprint density at radius 3 is 1.42 bits per heavy atom. The van der Waals surface area contributed by atoms with Crippen molar-refractivity contribution in [1.82, 2.24) is 0 Å². The van der Waals surface area contributed by atoms with Gasteiger partial charge in [0.1, 0.15) is 12.1 Å². The fourth-order valence-corrected chi connectivity index (χ4v) is 2.28. The summed E-state index contributed by atoms with van der Waals surface area (Å²) in [7, 11) is 1.59. The van der Waals surface area contributed by atoms with Gasteiger partial charge < -0.3 is 0 Å². The number of hydrogen-bond acceptors (Lipinski definition) is 2. The summed E-state index contributed by atoms with van der Waals surface area (Å²) < 4.78 is -1.24. The second-order valence-electron chi connectivity index (χ2n) is 4.39. The molecule has 0 atom stereocenters. The van der Waals surface area contributed by atoms with E-state index in [1.807, 2.05) is 12.1 Å². The van der Waals surface area contributed by atoms with Crippen molar-refractivity contribution >= 4 is 35.3 Å². The van der Waals surface area contributed by atoms with Crippen LogP contribution in [0, 0.1) is 0 Å². The van der Waals surface area contributed by atoms with Crippen LogP contribution in [-0.2, 0) is 0 Å². The van der Waals surface area contributed by atoms with E-state index in [0.717, 1.165) is 0 Å². The lowest BCUT2D eigenvalue weighted by Crippen LogP contribution is -2.41. The molecule has 0 saturated heterocycles.